The number of aliphatic carboxylic acids is 1. The summed E-state index contributed by atoms with van der Waals surface area (Å²) in [4.78, 5) is 26.0. The van der Waals surface area contributed by atoms with Crippen molar-refractivity contribution >= 4 is 11.9 Å². The van der Waals surface area contributed by atoms with E-state index in [1.165, 1.54) is 0 Å². The molecule has 2 aliphatic rings. The van der Waals surface area contributed by atoms with Crippen LogP contribution in [-0.4, -0.2) is 34.5 Å². The van der Waals surface area contributed by atoms with Gasteiger partial charge in [-0.05, 0) is 37.2 Å². The summed E-state index contributed by atoms with van der Waals surface area (Å²) in [5, 5.41) is 9.54. The van der Waals surface area contributed by atoms with Crippen molar-refractivity contribution in [3.05, 3.63) is 35.9 Å². The minimum atomic E-state index is -0.849. The van der Waals surface area contributed by atoms with Crippen LogP contribution >= 0.6 is 0 Å². The molecule has 0 bridgehead atoms. The van der Waals surface area contributed by atoms with E-state index in [9.17, 15) is 14.7 Å². The third kappa shape index (κ3) is 2.43. The van der Waals surface area contributed by atoms with Crippen molar-refractivity contribution in [3.8, 4) is 0 Å². The van der Waals surface area contributed by atoms with E-state index in [-0.39, 0.29) is 17.7 Å². The highest BCUT2D eigenvalue weighted by Gasteiger charge is 2.50. The number of likely N-dealkylation sites (tertiary alicyclic amines) is 1. The van der Waals surface area contributed by atoms with E-state index in [0.29, 0.717) is 12.5 Å². The first-order chi connectivity index (χ1) is 10.1. The number of nitrogens with zero attached hydrogens (tertiary/aromatic N) is 1. The minimum Gasteiger partial charge on any atom is -0.480 e. The van der Waals surface area contributed by atoms with Gasteiger partial charge in [0, 0.05) is 6.54 Å². The molecule has 0 radical (unpaired) electrons. The molecule has 1 aliphatic heterocycles. The highest BCUT2D eigenvalue weighted by atomic mass is 16.4. The molecule has 4 heteroatoms. The van der Waals surface area contributed by atoms with E-state index in [1.54, 1.807) is 4.90 Å². The summed E-state index contributed by atoms with van der Waals surface area (Å²) in [6, 6.07) is 8.96. The van der Waals surface area contributed by atoms with E-state index in [2.05, 4.69) is 0 Å². The molecular weight excluding hydrogens is 266 g/mol. The Balaban J connectivity index is 1.82. The Labute approximate surface area is 124 Å². The first-order valence-corrected chi connectivity index (χ1v) is 7.68. The monoisotopic (exact) mass is 287 g/mol. The molecule has 3 rings (SSSR count). The highest BCUT2D eigenvalue weighted by Crippen LogP contribution is 2.43. The van der Waals surface area contributed by atoms with E-state index in [4.69, 9.17) is 0 Å². The topological polar surface area (TPSA) is 57.6 Å². The lowest BCUT2D eigenvalue weighted by Gasteiger charge is -2.27. The van der Waals surface area contributed by atoms with E-state index >= 15 is 0 Å². The normalized spacial score (nSPS) is 29.2. The molecule has 21 heavy (non-hydrogen) atoms. The van der Waals surface area contributed by atoms with Crippen LogP contribution in [0.1, 0.15) is 37.7 Å². The van der Waals surface area contributed by atoms with Crippen molar-refractivity contribution in [3.63, 3.8) is 0 Å². The zero-order valence-corrected chi connectivity index (χ0v) is 12.2. The second-order valence-electron chi connectivity index (χ2n) is 6.26. The van der Waals surface area contributed by atoms with Gasteiger partial charge in [0.05, 0.1) is 5.92 Å². The number of amides is 1. The fourth-order valence-electron chi connectivity index (χ4n) is 3.98. The van der Waals surface area contributed by atoms with Gasteiger partial charge in [-0.2, -0.15) is 0 Å². The van der Waals surface area contributed by atoms with Crippen molar-refractivity contribution in [2.24, 2.45) is 11.8 Å². The van der Waals surface area contributed by atoms with Gasteiger partial charge in [-0.25, -0.2) is 4.79 Å². The number of hydrogen-bond acceptors (Lipinski definition) is 2. The lowest BCUT2D eigenvalue weighted by atomic mass is 9.94. The van der Waals surface area contributed by atoms with Crippen molar-refractivity contribution in [2.75, 3.05) is 6.54 Å². The summed E-state index contributed by atoms with van der Waals surface area (Å²) in [5.41, 5.74) is 0.948. The van der Waals surface area contributed by atoms with E-state index < -0.39 is 12.0 Å². The molecule has 4 nitrogen and oxygen atoms in total. The molecule has 112 valence electrons. The zero-order valence-electron chi connectivity index (χ0n) is 12.2. The third-order valence-electron chi connectivity index (χ3n) is 5.10. The number of carboxylic acid groups (broad SMARTS) is 1. The van der Waals surface area contributed by atoms with Gasteiger partial charge in [-0.1, -0.05) is 36.8 Å². The zero-order chi connectivity index (χ0) is 15.0. The molecule has 1 saturated heterocycles. The van der Waals surface area contributed by atoms with Gasteiger partial charge in [-0.15, -0.1) is 0 Å². The maximum absolute atomic E-state index is 12.8. The van der Waals surface area contributed by atoms with Crippen molar-refractivity contribution in [1.29, 1.82) is 0 Å². The van der Waals surface area contributed by atoms with Crippen LogP contribution in [0.3, 0.4) is 0 Å². The lowest BCUT2D eigenvalue weighted by molar-refractivity contribution is -0.150. The molecule has 2 fully saturated rings. The van der Waals surface area contributed by atoms with Crippen LogP contribution < -0.4 is 0 Å². The molecule has 1 amide bonds. The number of fused-ring (bicyclic) bond motifs is 1. The standard InChI is InChI=1S/C17H21NO3/c1-11(12-6-3-2-4-7-12)16(19)18-10-13-8-5-9-14(13)15(18)17(20)21/h2-4,6-7,11,13-15H,5,8-10H2,1H3,(H,20,21). The Kier molecular flexibility index (Phi) is 3.70. The summed E-state index contributed by atoms with van der Waals surface area (Å²) in [6.45, 7) is 2.47. The number of carboxylic acids is 1. The Morgan fingerprint density at radius 3 is 2.62 bits per heavy atom. The Morgan fingerprint density at radius 1 is 1.24 bits per heavy atom. The highest BCUT2D eigenvalue weighted by molar-refractivity contribution is 5.88. The van der Waals surface area contributed by atoms with Gasteiger partial charge >= 0.3 is 5.97 Å². The van der Waals surface area contributed by atoms with Gasteiger partial charge in [0.2, 0.25) is 5.91 Å². The third-order valence-corrected chi connectivity index (χ3v) is 5.10. The van der Waals surface area contributed by atoms with Crippen LogP contribution in [0.4, 0.5) is 0 Å². The molecule has 1 aromatic carbocycles. The molecule has 4 unspecified atom stereocenters. The SMILES string of the molecule is CC(C(=O)N1CC2CCCC2C1C(=O)O)c1ccccc1. The predicted molar refractivity (Wildman–Crippen MR) is 78.8 cm³/mol. The summed E-state index contributed by atoms with van der Waals surface area (Å²) < 4.78 is 0. The molecule has 0 spiro atoms. The number of benzene rings is 1. The molecule has 0 aromatic heterocycles. The van der Waals surface area contributed by atoms with Gasteiger partial charge < -0.3 is 10.0 Å². The van der Waals surface area contributed by atoms with E-state index in [1.807, 2.05) is 37.3 Å². The predicted octanol–water partition coefficient (Wildman–Crippen LogP) is 2.50. The number of carbonyl (C=O) groups excluding carboxylic acids is 1. The summed E-state index contributed by atoms with van der Waals surface area (Å²) >= 11 is 0. The lowest BCUT2D eigenvalue weighted by Crippen LogP contribution is -2.44. The molecule has 4 atom stereocenters. The minimum absolute atomic E-state index is 0.0528. The fourth-order valence-corrected chi connectivity index (χ4v) is 3.98. The second-order valence-corrected chi connectivity index (χ2v) is 6.26. The number of rotatable bonds is 3. The fraction of sp³-hybridized carbons (Fsp3) is 0.529. The average molecular weight is 287 g/mol. The molecule has 1 saturated carbocycles. The van der Waals surface area contributed by atoms with Gasteiger partial charge in [0.15, 0.2) is 0 Å². The number of carbonyl (C=O) groups is 2. The van der Waals surface area contributed by atoms with Crippen LogP contribution in [0.15, 0.2) is 30.3 Å². The molecule has 1 aliphatic carbocycles. The van der Waals surface area contributed by atoms with Crippen LogP contribution in [0.25, 0.3) is 0 Å². The summed E-state index contributed by atoms with van der Waals surface area (Å²) in [5.74, 6) is -0.666. The Bertz CT molecular complexity index is 542. The Morgan fingerprint density at radius 2 is 1.95 bits per heavy atom. The second kappa shape index (κ2) is 5.51. The van der Waals surface area contributed by atoms with Crippen molar-refractivity contribution in [1.82, 2.24) is 4.90 Å². The maximum Gasteiger partial charge on any atom is 0.326 e. The molecule has 1 N–H and O–H groups in total. The van der Waals surface area contributed by atoms with Gasteiger partial charge in [-0.3, -0.25) is 4.79 Å². The van der Waals surface area contributed by atoms with Crippen molar-refractivity contribution in [2.45, 2.75) is 38.1 Å². The van der Waals surface area contributed by atoms with Crippen LogP contribution in [-0.2, 0) is 9.59 Å². The van der Waals surface area contributed by atoms with E-state index in [0.717, 1.165) is 24.8 Å². The molecular formula is C17H21NO3. The summed E-state index contributed by atoms with van der Waals surface area (Å²) in [6.07, 6.45) is 3.08. The van der Waals surface area contributed by atoms with Crippen LogP contribution in [0.2, 0.25) is 0 Å². The Hall–Kier alpha value is -1.84. The first-order valence-electron chi connectivity index (χ1n) is 7.68. The average Bonchev–Trinajstić information content (AvgIpc) is 3.06. The summed E-state index contributed by atoms with van der Waals surface area (Å²) in [7, 11) is 0. The van der Waals surface area contributed by atoms with Crippen molar-refractivity contribution < 1.29 is 14.7 Å². The quantitative estimate of drug-likeness (QED) is 0.929. The van der Waals surface area contributed by atoms with Gasteiger partial charge in [0.1, 0.15) is 6.04 Å². The largest absolute Gasteiger partial charge is 0.480 e. The number of hydrogen-bond donors (Lipinski definition) is 1. The maximum atomic E-state index is 12.8. The first kappa shape index (κ1) is 14.1. The van der Waals surface area contributed by atoms with Crippen LogP contribution in [0.5, 0.6) is 0 Å². The van der Waals surface area contributed by atoms with Gasteiger partial charge in [0.25, 0.3) is 0 Å². The molecule has 1 heterocycles. The smallest absolute Gasteiger partial charge is 0.326 e. The molecule has 1 aromatic rings. The van der Waals surface area contributed by atoms with Crippen LogP contribution in [0, 0.1) is 11.8 Å².